The number of nitrogens with one attached hydrogen (secondary N) is 1. The molecular weight excluding hydrogens is 280 g/mol. The van der Waals surface area contributed by atoms with E-state index in [1.165, 1.54) is 41.5 Å². The van der Waals surface area contributed by atoms with Gasteiger partial charge in [0.1, 0.15) is 0 Å². The molecule has 0 aliphatic carbocycles. The quantitative estimate of drug-likeness (QED) is 0.785. The van der Waals surface area contributed by atoms with Gasteiger partial charge in [-0.3, -0.25) is 0 Å². The van der Waals surface area contributed by atoms with Crippen molar-refractivity contribution in [3.8, 4) is 0 Å². The highest BCUT2D eigenvalue weighted by molar-refractivity contribution is 7.15. The Kier molecular flexibility index (Phi) is 6.93. The standard InChI is InChI=1S/C16H30N4S/c1-4-7-14-15(13-17-8-5-2)21-16(18-14)20-10-6-9-19(3)11-12-20/h17H,4-13H2,1-3H3. The first-order valence-corrected chi connectivity index (χ1v) is 9.19. The minimum atomic E-state index is 0.981. The summed E-state index contributed by atoms with van der Waals surface area (Å²) in [7, 11) is 2.22. The normalized spacial score (nSPS) is 17.2. The summed E-state index contributed by atoms with van der Waals surface area (Å²) in [5.41, 5.74) is 1.32. The Morgan fingerprint density at radius 3 is 2.76 bits per heavy atom. The van der Waals surface area contributed by atoms with Gasteiger partial charge in [-0.25, -0.2) is 4.98 Å². The van der Waals surface area contributed by atoms with Gasteiger partial charge in [-0.1, -0.05) is 20.3 Å². The molecule has 0 bridgehead atoms. The monoisotopic (exact) mass is 310 g/mol. The zero-order valence-electron chi connectivity index (χ0n) is 13.8. The summed E-state index contributed by atoms with van der Waals surface area (Å²) in [6, 6.07) is 0. The van der Waals surface area contributed by atoms with E-state index < -0.39 is 0 Å². The lowest BCUT2D eigenvalue weighted by Gasteiger charge is -2.19. The summed E-state index contributed by atoms with van der Waals surface area (Å²) < 4.78 is 0. The Hall–Kier alpha value is -0.650. The molecule has 0 unspecified atom stereocenters. The second-order valence-corrected chi connectivity index (χ2v) is 7.00. The van der Waals surface area contributed by atoms with E-state index in [9.17, 15) is 0 Å². The number of hydrogen-bond donors (Lipinski definition) is 1. The van der Waals surface area contributed by atoms with Crippen molar-refractivity contribution in [1.82, 2.24) is 15.2 Å². The van der Waals surface area contributed by atoms with Crippen molar-refractivity contribution in [2.45, 2.75) is 46.1 Å². The van der Waals surface area contributed by atoms with Crippen LogP contribution in [0.5, 0.6) is 0 Å². The molecule has 5 heteroatoms. The fraction of sp³-hybridized carbons (Fsp3) is 0.812. The number of anilines is 1. The van der Waals surface area contributed by atoms with Crippen molar-refractivity contribution in [2.24, 2.45) is 0 Å². The van der Waals surface area contributed by atoms with Crippen LogP contribution < -0.4 is 10.2 Å². The van der Waals surface area contributed by atoms with Gasteiger partial charge in [0, 0.05) is 31.1 Å². The Balaban J connectivity index is 2.06. The van der Waals surface area contributed by atoms with Crippen LogP contribution >= 0.6 is 11.3 Å². The third-order valence-corrected chi connectivity index (χ3v) is 5.11. The number of nitrogens with zero attached hydrogens (tertiary/aromatic N) is 3. The van der Waals surface area contributed by atoms with Crippen molar-refractivity contribution >= 4 is 16.5 Å². The van der Waals surface area contributed by atoms with E-state index in [-0.39, 0.29) is 0 Å². The van der Waals surface area contributed by atoms with Crippen LogP contribution in [0.15, 0.2) is 0 Å². The molecule has 1 aromatic heterocycles. The highest BCUT2D eigenvalue weighted by Crippen LogP contribution is 2.28. The van der Waals surface area contributed by atoms with Gasteiger partial charge in [0.15, 0.2) is 5.13 Å². The lowest BCUT2D eigenvalue weighted by atomic mass is 10.2. The van der Waals surface area contributed by atoms with Gasteiger partial charge < -0.3 is 15.1 Å². The molecule has 1 aliphatic heterocycles. The number of aryl methyl sites for hydroxylation is 1. The first-order valence-electron chi connectivity index (χ1n) is 8.37. The number of rotatable bonds is 7. The summed E-state index contributed by atoms with van der Waals surface area (Å²) in [5, 5.41) is 4.77. The maximum atomic E-state index is 4.95. The molecule has 0 saturated carbocycles. The predicted molar refractivity (Wildman–Crippen MR) is 92.4 cm³/mol. The molecule has 1 fully saturated rings. The Labute approximate surface area is 133 Å². The Bertz CT molecular complexity index is 418. The fourth-order valence-corrected chi connectivity index (χ4v) is 3.82. The van der Waals surface area contributed by atoms with E-state index in [4.69, 9.17) is 4.98 Å². The second kappa shape index (κ2) is 8.71. The van der Waals surface area contributed by atoms with Crippen LogP contribution in [0.25, 0.3) is 0 Å². The maximum Gasteiger partial charge on any atom is 0.185 e. The molecule has 21 heavy (non-hydrogen) atoms. The van der Waals surface area contributed by atoms with Crippen LogP contribution in [0, 0.1) is 0 Å². The van der Waals surface area contributed by atoms with Crippen molar-refractivity contribution in [1.29, 1.82) is 0 Å². The lowest BCUT2D eigenvalue weighted by molar-refractivity contribution is 0.360. The van der Waals surface area contributed by atoms with E-state index in [1.807, 2.05) is 11.3 Å². The Morgan fingerprint density at radius 2 is 2.00 bits per heavy atom. The number of thiazole rings is 1. The molecule has 1 aromatic rings. The average molecular weight is 311 g/mol. The molecule has 0 spiro atoms. The maximum absolute atomic E-state index is 4.95. The molecule has 1 N–H and O–H groups in total. The second-order valence-electron chi connectivity index (χ2n) is 5.94. The molecule has 4 nitrogen and oxygen atoms in total. The van der Waals surface area contributed by atoms with Gasteiger partial charge >= 0.3 is 0 Å². The summed E-state index contributed by atoms with van der Waals surface area (Å²) in [4.78, 5) is 11.3. The molecule has 1 aliphatic rings. The van der Waals surface area contributed by atoms with Crippen LogP contribution in [-0.2, 0) is 13.0 Å². The first kappa shape index (κ1) is 16.7. The highest BCUT2D eigenvalue weighted by Gasteiger charge is 2.18. The molecule has 2 heterocycles. The van der Waals surface area contributed by atoms with Gasteiger partial charge in [0.05, 0.1) is 5.69 Å². The minimum absolute atomic E-state index is 0.981. The van der Waals surface area contributed by atoms with Crippen LogP contribution in [0.3, 0.4) is 0 Å². The molecule has 0 atom stereocenters. The summed E-state index contributed by atoms with van der Waals surface area (Å²) in [5.74, 6) is 0. The van der Waals surface area contributed by atoms with Crippen molar-refractivity contribution in [3.05, 3.63) is 10.6 Å². The zero-order valence-corrected chi connectivity index (χ0v) is 14.6. The van der Waals surface area contributed by atoms with E-state index in [0.717, 1.165) is 39.1 Å². The van der Waals surface area contributed by atoms with Crippen molar-refractivity contribution < 1.29 is 0 Å². The molecule has 2 rings (SSSR count). The molecular formula is C16H30N4S. The van der Waals surface area contributed by atoms with Crippen LogP contribution in [0.2, 0.25) is 0 Å². The SMILES string of the molecule is CCCNCc1sc(N2CCCN(C)CC2)nc1CCC. The van der Waals surface area contributed by atoms with Gasteiger partial charge in [0.25, 0.3) is 0 Å². The average Bonchev–Trinajstić information content (AvgIpc) is 2.73. The minimum Gasteiger partial charge on any atom is -0.347 e. The lowest BCUT2D eigenvalue weighted by Crippen LogP contribution is -2.28. The molecule has 120 valence electrons. The van der Waals surface area contributed by atoms with E-state index in [0.29, 0.717) is 0 Å². The molecule has 0 radical (unpaired) electrons. The molecule has 0 amide bonds. The van der Waals surface area contributed by atoms with Crippen LogP contribution in [0.4, 0.5) is 5.13 Å². The smallest absolute Gasteiger partial charge is 0.185 e. The third-order valence-electron chi connectivity index (χ3n) is 3.96. The summed E-state index contributed by atoms with van der Waals surface area (Å²) in [6.45, 7) is 11.1. The number of likely N-dealkylation sites (N-methyl/N-ethyl adjacent to an activating group) is 1. The van der Waals surface area contributed by atoms with Gasteiger partial charge in [-0.15, -0.1) is 11.3 Å². The fourth-order valence-electron chi connectivity index (χ4n) is 2.69. The number of aromatic nitrogens is 1. The highest BCUT2D eigenvalue weighted by atomic mass is 32.1. The topological polar surface area (TPSA) is 31.4 Å². The van der Waals surface area contributed by atoms with Crippen molar-refractivity contribution in [2.75, 3.05) is 44.7 Å². The molecule has 0 aromatic carbocycles. The number of hydrogen-bond acceptors (Lipinski definition) is 5. The van der Waals surface area contributed by atoms with Crippen LogP contribution in [-0.4, -0.2) is 49.7 Å². The van der Waals surface area contributed by atoms with E-state index in [2.05, 4.69) is 36.0 Å². The zero-order chi connectivity index (χ0) is 15.1. The summed E-state index contributed by atoms with van der Waals surface area (Å²) in [6.07, 6.45) is 4.70. The van der Waals surface area contributed by atoms with Crippen molar-refractivity contribution in [3.63, 3.8) is 0 Å². The van der Waals surface area contributed by atoms with Gasteiger partial charge in [-0.2, -0.15) is 0 Å². The largest absolute Gasteiger partial charge is 0.347 e. The third kappa shape index (κ3) is 4.94. The first-order chi connectivity index (χ1) is 10.2. The molecule has 1 saturated heterocycles. The van der Waals surface area contributed by atoms with Crippen LogP contribution in [0.1, 0.15) is 43.7 Å². The van der Waals surface area contributed by atoms with Gasteiger partial charge in [0.2, 0.25) is 0 Å². The summed E-state index contributed by atoms with van der Waals surface area (Å²) >= 11 is 1.90. The predicted octanol–water partition coefficient (Wildman–Crippen LogP) is 2.74. The Morgan fingerprint density at radius 1 is 1.14 bits per heavy atom. The van der Waals surface area contributed by atoms with E-state index in [1.54, 1.807) is 0 Å². The van der Waals surface area contributed by atoms with E-state index >= 15 is 0 Å². The van der Waals surface area contributed by atoms with Gasteiger partial charge in [-0.05, 0) is 39.4 Å².